The van der Waals surface area contributed by atoms with Crippen LogP contribution in [0.1, 0.15) is 11.3 Å². The van der Waals surface area contributed by atoms with Crippen molar-refractivity contribution >= 4 is 15.9 Å². The predicted molar refractivity (Wildman–Crippen MR) is 65.2 cm³/mol. The van der Waals surface area contributed by atoms with Gasteiger partial charge in [0.2, 0.25) is 5.88 Å². The fraction of sp³-hybridized carbons (Fsp3) is 0.0833. The first kappa shape index (κ1) is 11.6. The van der Waals surface area contributed by atoms with Crippen LogP contribution in [-0.2, 0) is 6.61 Å². The van der Waals surface area contributed by atoms with E-state index in [0.29, 0.717) is 12.5 Å². The van der Waals surface area contributed by atoms with E-state index in [9.17, 15) is 0 Å². The van der Waals surface area contributed by atoms with Gasteiger partial charge in [-0.15, -0.1) is 0 Å². The molecule has 0 fully saturated rings. The summed E-state index contributed by atoms with van der Waals surface area (Å²) in [5.74, 6) is 0.403. The van der Waals surface area contributed by atoms with Crippen LogP contribution in [-0.4, -0.2) is 9.97 Å². The molecule has 0 saturated heterocycles. The van der Waals surface area contributed by atoms with Gasteiger partial charge in [-0.25, -0.2) is 9.97 Å². The molecule has 2 aromatic rings. The van der Waals surface area contributed by atoms with Gasteiger partial charge in [0.25, 0.3) is 0 Å². The number of nitriles is 1. The first-order valence-electron chi connectivity index (χ1n) is 4.88. The lowest BCUT2D eigenvalue weighted by molar-refractivity contribution is 0.291. The Bertz CT molecular complexity index is 548. The minimum absolute atomic E-state index is 0.276. The van der Waals surface area contributed by atoms with Crippen LogP contribution in [0.25, 0.3) is 0 Å². The third kappa shape index (κ3) is 3.02. The molecule has 0 radical (unpaired) electrons. The number of aromatic nitrogens is 2. The monoisotopic (exact) mass is 289 g/mol. The van der Waals surface area contributed by atoms with Gasteiger partial charge < -0.3 is 4.74 Å². The lowest BCUT2D eigenvalue weighted by Crippen LogP contribution is -1.99. The van der Waals surface area contributed by atoms with Crippen LogP contribution in [0.5, 0.6) is 5.88 Å². The molecule has 5 heteroatoms. The van der Waals surface area contributed by atoms with Crippen molar-refractivity contribution in [3.63, 3.8) is 0 Å². The fourth-order valence-electron chi connectivity index (χ4n) is 1.22. The molecule has 0 aliphatic heterocycles. The van der Waals surface area contributed by atoms with Crippen LogP contribution in [0.2, 0.25) is 0 Å². The minimum atomic E-state index is 0.276. The molecule has 0 N–H and O–H groups in total. The summed E-state index contributed by atoms with van der Waals surface area (Å²) in [4.78, 5) is 7.84. The molecule has 0 atom stereocenters. The van der Waals surface area contributed by atoms with Crippen LogP contribution in [0.3, 0.4) is 0 Å². The molecule has 1 heterocycles. The van der Waals surface area contributed by atoms with Gasteiger partial charge in [0.15, 0.2) is 5.69 Å². The van der Waals surface area contributed by atoms with Gasteiger partial charge in [0.05, 0.1) is 12.4 Å². The standard InChI is InChI=1S/C12H8BrN3O/c13-11-4-2-1-3-9(11)8-17-12-7-15-10(5-14)6-16-12/h1-4,6-7H,8H2. The Morgan fingerprint density at radius 2 is 2.06 bits per heavy atom. The van der Waals surface area contributed by atoms with E-state index in [1.54, 1.807) is 0 Å². The molecule has 17 heavy (non-hydrogen) atoms. The average Bonchev–Trinajstić information content (AvgIpc) is 2.38. The predicted octanol–water partition coefficient (Wildman–Crippen LogP) is 2.69. The van der Waals surface area contributed by atoms with Crippen molar-refractivity contribution in [2.75, 3.05) is 0 Å². The van der Waals surface area contributed by atoms with Crippen molar-refractivity contribution < 1.29 is 4.74 Å². The molecule has 1 aromatic heterocycles. The van der Waals surface area contributed by atoms with Gasteiger partial charge in [-0.3, -0.25) is 0 Å². The maximum Gasteiger partial charge on any atom is 0.232 e. The first-order valence-corrected chi connectivity index (χ1v) is 5.67. The second kappa shape index (κ2) is 5.41. The highest BCUT2D eigenvalue weighted by atomic mass is 79.9. The largest absolute Gasteiger partial charge is 0.472 e. The van der Waals surface area contributed by atoms with Gasteiger partial charge in [0, 0.05) is 10.0 Å². The van der Waals surface area contributed by atoms with Gasteiger partial charge in [0.1, 0.15) is 12.7 Å². The minimum Gasteiger partial charge on any atom is -0.472 e. The molecule has 0 spiro atoms. The second-order valence-electron chi connectivity index (χ2n) is 3.23. The highest BCUT2D eigenvalue weighted by Gasteiger charge is 2.01. The average molecular weight is 290 g/mol. The lowest BCUT2D eigenvalue weighted by Gasteiger charge is -2.06. The summed E-state index contributed by atoms with van der Waals surface area (Å²) in [5, 5.41) is 8.57. The topological polar surface area (TPSA) is 58.8 Å². The summed E-state index contributed by atoms with van der Waals surface area (Å²) >= 11 is 3.43. The SMILES string of the molecule is N#Cc1cnc(OCc2ccccc2Br)cn1. The van der Waals surface area contributed by atoms with Gasteiger partial charge in [-0.1, -0.05) is 34.1 Å². The van der Waals surface area contributed by atoms with E-state index in [1.165, 1.54) is 12.4 Å². The van der Waals surface area contributed by atoms with E-state index in [-0.39, 0.29) is 5.69 Å². The molecule has 1 aromatic carbocycles. The molecular weight excluding hydrogens is 282 g/mol. The van der Waals surface area contributed by atoms with Gasteiger partial charge >= 0.3 is 0 Å². The smallest absolute Gasteiger partial charge is 0.232 e. The normalized spacial score (nSPS) is 9.65. The van der Waals surface area contributed by atoms with E-state index >= 15 is 0 Å². The highest BCUT2D eigenvalue weighted by molar-refractivity contribution is 9.10. The molecule has 4 nitrogen and oxygen atoms in total. The quantitative estimate of drug-likeness (QED) is 0.872. The maximum absolute atomic E-state index is 8.57. The molecule has 0 amide bonds. The Balaban J connectivity index is 2.03. The van der Waals surface area contributed by atoms with Crippen molar-refractivity contribution in [2.45, 2.75) is 6.61 Å². The number of benzene rings is 1. The van der Waals surface area contributed by atoms with E-state index in [2.05, 4.69) is 25.9 Å². The Morgan fingerprint density at radius 1 is 1.24 bits per heavy atom. The van der Waals surface area contributed by atoms with Crippen LogP contribution in [0.4, 0.5) is 0 Å². The van der Waals surface area contributed by atoms with Crippen molar-refractivity contribution in [1.29, 1.82) is 5.26 Å². The number of hydrogen-bond acceptors (Lipinski definition) is 4. The Kier molecular flexibility index (Phi) is 3.68. The highest BCUT2D eigenvalue weighted by Crippen LogP contribution is 2.17. The van der Waals surface area contributed by atoms with E-state index < -0.39 is 0 Å². The van der Waals surface area contributed by atoms with Crippen molar-refractivity contribution in [3.8, 4) is 11.9 Å². The first-order chi connectivity index (χ1) is 8.29. The number of halogens is 1. The third-order valence-corrected chi connectivity index (χ3v) is 2.85. The van der Waals surface area contributed by atoms with Gasteiger partial charge in [-0.05, 0) is 6.07 Å². The number of ether oxygens (including phenoxy) is 1. The summed E-state index contributed by atoms with van der Waals surface area (Å²) in [6, 6.07) is 9.69. The zero-order valence-electron chi connectivity index (χ0n) is 8.80. The van der Waals surface area contributed by atoms with E-state index in [1.807, 2.05) is 30.3 Å². The van der Waals surface area contributed by atoms with E-state index in [0.717, 1.165) is 10.0 Å². The summed E-state index contributed by atoms with van der Waals surface area (Å²) < 4.78 is 6.45. The molecule has 0 bridgehead atoms. The van der Waals surface area contributed by atoms with Crippen molar-refractivity contribution in [2.24, 2.45) is 0 Å². The zero-order chi connectivity index (χ0) is 12.1. The number of nitrogens with zero attached hydrogens (tertiary/aromatic N) is 3. The summed E-state index contributed by atoms with van der Waals surface area (Å²) in [5.41, 5.74) is 1.30. The van der Waals surface area contributed by atoms with E-state index in [4.69, 9.17) is 10.00 Å². The Labute approximate surface area is 107 Å². The summed E-state index contributed by atoms with van der Waals surface area (Å²) in [7, 11) is 0. The van der Waals surface area contributed by atoms with Crippen molar-refractivity contribution in [1.82, 2.24) is 9.97 Å². The lowest BCUT2D eigenvalue weighted by atomic mass is 10.2. The molecule has 2 rings (SSSR count). The molecule has 0 unspecified atom stereocenters. The zero-order valence-corrected chi connectivity index (χ0v) is 10.4. The second-order valence-corrected chi connectivity index (χ2v) is 4.09. The maximum atomic E-state index is 8.57. The van der Waals surface area contributed by atoms with Crippen LogP contribution < -0.4 is 4.74 Å². The summed E-state index contributed by atoms with van der Waals surface area (Å²) in [6.07, 6.45) is 2.82. The van der Waals surface area contributed by atoms with Crippen molar-refractivity contribution in [3.05, 3.63) is 52.4 Å². The fourth-order valence-corrected chi connectivity index (χ4v) is 1.61. The third-order valence-electron chi connectivity index (χ3n) is 2.08. The number of rotatable bonds is 3. The van der Waals surface area contributed by atoms with Gasteiger partial charge in [-0.2, -0.15) is 5.26 Å². The molecule has 0 aliphatic rings. The van der Waals surface area contributed by atoms with Crippen LogP contribution in [0, 0.1) is 11.3 Å². The summed E-state index contributed by atoms with van der Waals surface area (Å²) in [6.45, 7) is 0.405. The number of hydrogen-bond donors (Lipinski definition) is 0. The Morgan fingerprint density at radius 3 is 2.71 bits per heavy atom. The van der Waals surface area contributed by atoms with Crippen LogP contribution in [0.15, 0.2) is 41.1 Å². The molecule has 0 aliphatic carbocycles. The Hall–Kier alpha value is -1.93. The van der Waals surface area contributed by atoms with Crippen LogP contribution >= 0.6 is 15.9 Å². The molecule has 0 saturated carbocycles. The molecule has 84 valence electrons. The molecular formula is C12H8BrN3O.